The lowest BCUT2D eigenvalue weighted by molar-refractivity contribution is 0.536. The molecule has 72 valence electrons. The molecule has 6 heteroatoms. The molecule has 0 radical (unpaired) electrons. The van der Waals surface area contributed by atoms with Crippen LogP contribution in [0.5, 0.6) is 0 Å². The Morgan fingerprint density at radius 1 is 1.43 bits per heavy atom. The number of aromatic nitrogens is 3. The van der Waals surface area contributed by atoms with Crippen molar-refractivity contribution >= 4 is 17.3 Å². The number of nitrogens with zero attached hydrogens (tertiary/aromatic N) is 3. The van der Waals surface area contributed by atoms with E-state index in [9.17, 15) is 4.39 Å². The molecule has 1 aromatic heterocycles. The predicted molar refractivity (Wildman–Crippen MR) is 50.7 cm³/mol. The third-order valence-electron chi connectivity index (χ3n) is 1.68. The molecule has 0 amide bonds. The highest BCUT2D eigenvalue weighted by molar-refractivity contribution is 6.32. The zero-order chi connectivity index (χ0) is 10.1. The van der Waals surface area contributed by atoms with Crippen LogP contribution in [0.1, 0.15) is 0 Å². The summed E-state index contributed by atoms with van der Waals surface area (Å²) < 4.78 is 13.8. The lowest BCUT2D eigenvalue weighted by Crippen LogP contribution is -1.97. The molecular weight excluding hydrogens is 207 g/mol. The number of halogens is 2. The second kappa shape index (κ2) is 3.26. The van der Waals surface area contributed by atoms with Crippen LogP contribution in [0.4, 0.5) is 10.1 Å². The summed E-state index contributed by atoms with van der Waals surface area (Å²) in [5, 5.41) is 3.92. The van der Waals surface area contributed by atoms with Crippen molar-refractivity contribution in [1.29, 1.82) is 0 Å². The summed E-state index contributed by atoms with van der Waals surface area (Å²) in [6, 6.07) is 4.86. The maximum Gasteiger partial charge on any atom is 0.327 e. The van der Waals surface area contributed by atoms with Crippen molar-refractivity contribution in [2.75, 3.05) is 5.73 Å². The molecule has 0 atom stereocenters. The van der Waals surface area contributed by atoms with Crippen LogP contribution in [0, 0.1) is 6.08 Å². The number of hydrogen-bond donors (Lipinski definition) is 1. The van der Waals surface area contributed by atoms with Crippen molar-refractivity contribution in [3.8, 4) is 5.69 Å². The standard InChI is InChI=1S/C8H6ClFN4/c9-6-2-1-5(11)3-7(6)14-4-12-8(10)13-14/h1-4H,11H2. The quantitative estimate of drug-likeness (QED) is 0.732. The van der Waals surface area contributed by atoms with Gasteiger partial charge in [0.15, 0.2) is 0 Å². The Hall–Kier alpha value is -1.62. The molecule has 0 aliphatic rings. The largest absolute Gasteiger partial charge is 0.399 e. The Morgan fingerprint density at radius 3 is 2.86 bits per heavy atom. The van der Waals surface area contributed by atoms with Crippen LogP contribution in [0.25, 0.3) is 5.69 Å². The van der Waals surface area contributed by atoms with Gasteiger partial charge >= 0.3 is 6.08 Å². The molecule has 0 aliphatic heterocycles. The van der Waals surface area contributed by atoms with Gasteiger partial charge in [-0.25, -0.2) is 4.68 Å². The number of hydrogen-bond acceptors (Lipinski definition) is 3. The molecule has 2 N–H and O–H groups in total. The van der Waals surface area contributed by atoms with Crippen molar-refractivity contribution < 1.29 is 4.39 Å². The first-order valence-corrected chi connectivity index (χ1v) is 4.17. The summed E-state index contributed by atoms with van der Waals surface area (Å²) in [4.78, 5) is 3.35. The number of nitrogens with two attached hydrogens (primary N) is 1. The molecule has 0 fully saturated rings. The highest BCUT2D eigenvalue weighted by Crippen LogP contribution is 2.21. The number of nitrogen functional groups attached to an aromatic ring is 1. The van der Waals surface area contributed by atoms with Gasteiger partial charge in [-0.15, -0.1) is 5.10 Å². The molecule has 14 heavy (non-hydrogen) atoms. The number of anilines is 1. The van der Waals surface area contributed by atoms with Gasteiger partial charge in [0.25, 0.3) is 0 Å². The molecular formula is C8H6ClFN4. The van der Waals surface area contributed by atoms with Crippen molar-refractivity contribution in [3.05, 3.63) is 35.6 Å². The van der Waals surface area contributed by atoms with E-state index in [1.165, 1.54) is 11.0 Å². The maximum absolute atomic E-state index is 12.5. The smallest absolute Gasteiger partial charge is 0.327 e. The van der Waals surface area contributed by atoms with E-state index in [1.54, 1.807) is 18.2 Å². The normalized spacial score (nSPS) is 10.4. The van der Waals surface area contributed by atoms with E-state index in [0.717, 1.165) is 0 Å². The van der Waals surface area contributed by atoms with E-state index in [4.69, 9.17) is 17.3 Å². The minimum Gasteiger partial charge on any atom is -0.399 e. The topological polar surface area (TPSA) is 56.7 Å². The van der Waals surface area contributed by atoms with Gasteiger partial charge in [-0.05, 0) is 18.2 Å². The summed E-state index contributed by atoms with van der Waals surface area (Å²) in [6.45, 7) is 0. The lowest BCUT2D eigenvalue weighted by atomic mass is 10.3. The Bertz CT molecular complexity index is 468. The van der Waals surface area contributed by atoms with Crippen LogP contribution in [-0.4, -0.2) is 14.8 Å². The Morgan fingerprint density at radius 2 is 2.21 bits per heavy atom. The van der Waals surface area contributed by atoms with Gasteiger partial charge in [0, 0.05) is 5.69 Å². The summed E-state index contributed by atoms with van der Waals surface area (Å²) in [7, 11) is 0. The molecule has 1 aromatic carbocycles. The fourth-order valence-corrected chi connectivity index (χ4v) is 1.27. The summed E-state index contributed by atoms with van der Waals surface area (Å²) in [6.07, 6.45) is 0.430. The molecule has 0 aliphatic carbocycles. The van der Waals surface area contributed by atoms with E-state index < -0.39 is 6.08 Å². The fourth-order valence-electron chi connectivity index (χ4n) is 1.06. The highest BCUT2D eigenvalue weighted by Gasteiger charge is 2.05. The van der Waals surface area contributed by atoms with Crippen molar-refractivity contribution in [2.45, 2.75) is 0 Å². The van der Waals surface area contributed by atoms with Crippen LogP contribution in [0.2, 0.25) is 5.02 Å². The van der Waals surface area contributed by atoms with Crippen LogP contribution < -0.4 is 5.73 Å². The van der Waals surface area contributed by atoms with Crippen molar-refractivity contribution in [2.24, 2.45) is 0 Å². The maximum atomic E-state index is 12.5. The summed E-state index contributed by atoms with van der Waals surface area (Å²) in [5.74, 6) is 0. The Kier molecular flexibility index (Phi) is 2.09. The Balaban J connectivity index is 2.55. The monoisotopic (exact) mass is 212 g/mol. The third kappa shape index (κ3) is 1.54. The van der Waals surface area contributed by atoms with Gasteiger partial charge in [-0.3, -0.25) is 0 Å². The van der Waals surface area contributed by atoms with E-state index in [0.29, 0.717) is 16.4 Å². The zero-order valence-electron chi connectivity index (χ0n) is 6.98. The van der Waals surface area contributed by atoms with Crippen LogP contribution in [0.3, 0.4) is 0 Å². The van der Waals surface area contributed by atoms with Crippen LogP contribution >= 0.6 is 11.6 Å². The predicted octanol–water partition coefficient (Wildman–Crippen LogP) is 1.64. The minimum atomic E-state index is -0.802. The third-order valence-corrected chi connectivity index (χ3v) is 2.00. The van der Waals surface area contributed by atoms with E-state index in [2.05, 4.69) is 10.1 Å². The fraction of sp³-hybridized carbons (Fsp3) is 0. The van der Waals surface area contributed by atoms with Crippen molar-refractivity contribution in [1.82, 2.24) is 14.8 Å². The summed E-state index contributed by atoms with van der Waals surface area (Å²) >= 11 is 5.87. The molecule has 1 heterocycles. The van der Waals surface area contributed by atoms with Crippen LogP contribution in [-0.2, 0) is 0 Å². The first kappa shape index (κ1) is 8.96. The molecule has 0 spiro atoms. The first-order valence-electron chi connectivity index (χ1n) is 3.79. The molecule has 0 bridgehead atoms. The van der Waals surface area contributed by atoms with Gasteiger partial charge in [0.2, 0.25) is 0 Å². The second-order valence-corrected chi connectivity index (χ2v) is 3.08. The minimum absolute atomic E-state index is 0.434. The molecule has 0 unspecified atom stereocenters. The van der Waals surface area contributed by atoms with E-state index in [1.807, 2.05) is 0 Å². The second-order valence-electron chi connectivity index (χ2n) is 2.67. The van der Waals surface area contributed by atoms with E-state index >= 15 is 0 Å². The average molecular weight is 213 g/mol. The van der Waals surface area contributed by atoms with Gasteiger partial charge in [-0.1, -0.05) is 11.6 Å². The van der Waals surface area contributed by atoms with Gasteiger partial charge < -0.3 is 5.73 Å². The van der Waals surface area contributed by atoms with Gasteiger partial charge in [0.05, 0.1) is 10.7 Å². The lowest BCUT2D eigenvalue weighted by Gasteiger charge is -2.03. The number of rotatable bonds is 1. The highest BCUT2D eigenvalue weighted by atomic mass is 35.5. The Labute approximate surface area is 84.1 Å². The molecule has 2 rings (SSSR count). The number of benzene rings is 1. The van der Waals surface area contributed by atoms with Crippen LogP contribution in [0.15, 0.2) is 24.5 Å². The van der Waals surface area contributed by atoms with Gasteiger partial charge in [-0.2, -0.15) is 9.37 Å². The first-order chi connectivity index (χ1) is 6.66. The van der Waals surface area contributed by atoms with Gasteiger partial charge in [0.1, 0.15) is 6.33 Å². The average Bonchev–Trinajstić information content (AvgIpc) is 2.56. The molecule has 4 nitrogen and oxygen atoms in total. The van der Waals surface area contributed by atoms with E-state index in [-0.39, 0.29) is 0 Å². The van der Waals surface area contributed by atoms with Crippen molar-refractivity contribution in [3.63, 3.8) is 0 Å². The summed E-state index contributed by atoms with van der Waals surface area (Å²) in [5.41, 5.74) is 6.59. The zero-order valence-corrected chi connectivity index (χ0v) is 7.74. The molecule has 0 saturated heterocycles. The SMILES string of the molecule is Nc1ccc(Cl)c(-n2cnc(F)n2)c1. The molecule has 0 saturated carbocycles. The molecule has 2 aromatic rings.